The van der Waals surface area contributed by atoms with E-state index in [2.05, 4.69) is 191 Å². The van der Waals surface area contributed by atoms with Gasteiger partial charge in [-0.05, 0) is 88.6 Å². The Labute approximate surface area is 299 Å². The second-order valence-electron chi connectivity index (χ2n) is 13.5. The Morgan fingerprint density at radius 2 is 0.923 bits per heavy atom. The summed E-state index contributed by atoms with van der Waals surface area (Å²) in [6.45, 7) is 0. The maximum absolute atomic E-state index is 5.49. The van der Waals surface area contributed by atoms with E-state index in [0.29, 0.717) is 5.82 Å². The predicted molar refractivity (Wildman–Crippen MR) is 217 cm³/mol. The Morgan fingerprint density at radius 1 is 0.327 bits per heavy atom. The molecular formula is C48H30N4. The maximum Gasteiger partial charge on any atom is 0.162 e. The number of aromatic nitrogens is 4. The molecule has 0 N–H and O–H groups in total. The highest BCUT2D eigenvalue weighted by Crippen LogP contribution is 2.39. The Kier molecular flexibility index (Phi) is 6.22. The number of fused-ring (bicyclic) bond motifs is 8. The summed E-state index contributed by atoms with van der Waals surface area (Å²) in [5.74, 6) is 1.56. The first kappa shape index (κ1) is 28.8. The molecular weight excluding hydrogens is 633 g/mol. The number of rotatable bonds is 4. The Hall–Kier alpha value is -7.04. The van der Waals surface area contributed by atoms with Gasteiger partial charge in [0.25, 0.3) is 0 Å². The number of hydrogen-bond acceptors (Lipinski definition) is 2. The van der Waals surface area contributed by atoms with E-state index in [4.69, 9.17) is 9.97 Å². The minimum atomic E-state index is 0.692. The SMILES string of the molecule is c1ccc(-c2ccc3c(-n4c5ccccc5c5cc6ccccc6cc54)nc(-c4ccc5c(c4)c4ccccc4n5-c4ccccc4)nc3c2)cc1. The molecule has 3 heterocycles. The molecule has 0 saturated heterocycles. The van der Waals surface area contributed by atoms with Gasteiger partial charge >= 0.3 is 0 Å². The van der Waals surface area contributed by atoms with Crippen LogP contribution < -0.4 is 0 Å². The monoisotopic (exact) mass is 662 g/mol. The van der Waals surface area contributed by atoms with Crippen molar-refractivity contribution in [3.63, 3.8) is 0 Å². The van der Waals surface area contributed by atoms with Crippen molar-refractivity contribution >= 4 is 65.3 Å². The first-order chi connectivity index (χ1) is 25.8. The van der Waals surface area contributed by atoms with Crippen molar-refractivity contribution in [3.05, 3.63) is 182 Å². The van der Waals surface area contributed by atoms with Crippen LogP contribution in [0.4, 0.5) is 0 Å². The lowest BCUT2D eigenvalue weighted by molar-refractivity contribution is 1.08. The van der Waals surface area contributed by atoms with E-state index in [9.17, 15) is 0 Å². The molecule has 0 spiro atoms. The van der Waals surface area contributed by atoms with Crippen LogP contribution in [0.15, 0.2) is 182 Å². The van der Waals surface area contributed by atoms with Gasteiger partial charge in [0.15, 0.2) is 5.82 Å². The van der Waals surface area contributed by atoms with Gasteiger partial charge in [0, 0.05) is 38.2 Å². The van der Waals surface area contributed by atoms with E-state index in [1.54, 1.807) is 0 Å². The highest BCUT2D eigenvalue weighted by Gasteiger charge is 2.20. The van der Waals surface area contributed by atoms with E-state index in [1.165, 1.54) is 37.8 Å². The maximum atomic E-state index is 5.49. The van der Waals surface area contributed by atoms with Crippen molar-refractivity contribution < 1.29 is 0 Å². The Balaban J connectivity index is 1.22. The summed E-state index contributed by atoms with van der Waals surface area (Å²) in [7, 11) is 0. The van der Waals surface area contributed by atoms with Gasteiger partial charge in [-0.1, -0.05) is 115 Å². The Bertz CT molecular complexity index is 3170. The molecule has 0 atom stereocenters. The molecule has 0 aliphatic heterocycles. The zero-order chi connectivity index (χ0) is 34.2. The van der Waals surface area contributed by atoms with Crippen LogP contribution in [0, 0.1) is 0 Å². The van der Waals surface area contributed by atoms with Crippen LogP contribution in [0.3, 0.4) is 0 Å². The van der Waals surface area contributed by atoms with Crippen LogP contribution in [-0.2, 0) is 0 Å². The van der Waals surface area contributed by atoms with Crippen LogP contribution in [0.2, 0.25) is 0 Å². The molecule has 0 unspecified atom stereocenters. The van der Waals surface area contributed by atoms with Gasteiger partial charge in [-0.25, -0.2) is 9.97 Å². The van der Waals surface area contributed by atoms with Crippen LogP contribution in [0.1, 0.15) is 0 Å². The lowest BCUT2D eigenvalue weighted by atomic mass is 10.0. The third-order valence-corrected chi connectivity index (χ3v) is 10.5. The van der Waals surface area contributed by atoms with E-state index in [-0.39, 0.29) is 0 Å². The third-order valence-electron chi connectivity index (χ3n) is 10.5. The van der Waals surface area contributed by atoms with E-state index in [1.807, 2.05) is 0 Å². The van der Waals surface area contributed by atoms with Gasteiger partial charge < -0.3 is 4.57 Å². The fourth-order valence-corrected chi connectivity index (χ4v) is 8.07. The van der Waals surface area contributed by atoms with Crippen molar-refractivity contribution in [2.45, 2.75) is 0 Å². The fourth-order valence-electron chi connectivity index (χ4n) is 8.07. The minimum absolute atomic E-state index is 0.692. The predicted octanol–water partition coefficient (Wildman–Crippen LogP) is 12.3. The Morgan fingerprint density at radius 3 is 1.69 bits per heavy atom. The van der Waals surface area contributed by atoms with Gasteiger partial charge in [0.2, 0.25) is 0 Å². The molecule has 0 fully saturated rings. The topological polar surface area (TPSA) is 35.6 Å². The average Bonchev–Trinajstić information content (AvgIpc) is 3.72. The molecule has 0 radical (unpaired) electrons. The molecule has 52 heavy (non-hydrogen) atoms. The lowest BCUT2D eigenvalue weighted by Gasteiger charge is -2.14. The second-order valence-corrected chi connectivity index (χ2v) is 13.5. The second kappa shape index (κ2) is 11.2. The van der Waals surface area contributed by atoms with E-state index < -0.39 is 0 Å². The van der Waals surface area contributed by atoms with Crippen molar-refractivity contribution in [1.82, 2.24) is 19.1 Å². The number of hydrogen-bond donors (Lipinski definition) is 0. The van der Waals surface area contributed by atoms with E-state index in [0.717, 1.165) is 55.6 Å². The normalized spacial score (nSPS) is 11.8. The van der Waals surface area contributed by atoms with Crippen molar-refractivity contribution in [2.24, 2.45) is 0 Å². The molecule has 0 amide bonds. The standard InChI is InChI=1S/C48H30N4/c1-3-13-31(14-4-1)34-23-25-39-42(29-34)49-47(35-24-26-45-40(28-35)37-19-9-11-21-43(37)51(45)36-17-5-2-6-18-36)50-48(39)52-44-22-12-10-20-38(44)41-27-32-15-7-8-16-33(32)30-46(41)52/h1-30H. The first-order valence-corrected chi connectivity index (χ1v) is 17.7. The summed E-state index contributed by atoms with van der Waals surface area (Å²) >= 11 is 0. The summed E-state index contributed by atoms with van der Waals surface area (Å²) < 4.78 is 4.68. The van der Waals surface area contributed by atoms with Crippen molar-refractivity contribution in [1.29, 1.82) is 0 Å². The van der Waals surface area contributed by atoms with Gasteiger partial charge in [0.05, 0.1) is 27.6 Å². The van der Waals surface area contributed by atoms with Crippen LogP contribution in [-0.4, -0.2) is 19.1 Å². The molecule has 0 saturated carbocycles. The quantitative estimate of drug-likeness (QED) is 0.188. The lowest BCUT2D eigenvalue weighted by Crippen LogP contribution is -2.03. The smallest absolute Gasteiger partial charge is 0.162 e. The molecule has 11 aromatic rings. The average molecular weight is 663 g/mol. The molecule has 4 heteroatoms. The minimum Gasteiger partial charge on any atom is -0.309 e. The van der Waals surface area contributed by atoms with Crippen LogP contribution >= 0.6 is 0 Å². The zero-order valence-electron chi connectivity index (χ0n) is 28.1. The number of benzene rings is 8. The first-order valence-electron chi connectivity index (χ1n) is 17.7. The number of nitrogens with zero attached hydrogens (tertiary/aromatic N) is 4. The van der Waals surface area contributed by atoms with Gasteiger partial charge in [-0.15, -0.1) is 0 Å². The molecule has 0 aliphatic rings. The molecule has 3 aromatic heterocycles. The summed E-state index contributed by atoms with van der Waals surface area (Å²) in [4.78, 5) is 10.8. The fraction of sp³-hybridized carbons (Fsp3) is 0. The molecule has 4 nitrogen and oxygen atoms in total. The van der Waals surface area contributed by atoms with Crippen LogP contribution in [0.5, 0.6) is 0 Å². The van der Waals surface area contributed by atoms with Gasteiger partial charge in [-0.2, -0.15) is 0 Å². The molecule has 242 valence electrons. The molecule has 8 aromatic carbocycles. The van der Waals surface area contributed by atoms with Crippen molar-refractivity contribution in [2.75, 3.05) is 0 Å². The van der Waals surface area contributed by atoms with Crippen LogP contribution in [0.25, 0.3) is 99.3 Å². The molecule has 0 aliphatic carbocycles. The van der Waals surface area contributed by atoms with Gasteiger partial charge in [-0.3, -0.25) is 4.57 Å². The summed E-state index contributed by atoms with van der Waals surface area (Å²) in [5.41, 5.74) is 9.86. The highest BCUT2D eigenvalue weighted by atomic mass is 15.1. The van der Waals surface area contributed by atoms with Gasteiger partial charge in [0.1, 0.15) is 5.82 Å². The number of para-hydroxylation sites is 3. The molecule has 11 rings (SSSR count). The molecule has 0 bridgehead atoms. The van der Waals surface area contributed by atoms with Crippen molar-refractivity contribution in [3.8, 4) is 34.0 Å². The zero-order valence-corrected chi connectivity index (χ0v) is 28.1. The highest BCUT2D eigenvalue weighted by molar-refractivity contribution is 6.14. The summed E-state index contributed by atoms with van der Waals surface area (Å²) in [5, 5.41) is 8.20. The van der Waals surface area contributed by atoms with E-state index >= 15 is 0 Å². The summed E-state index contributed by atoms with van der Waals surface area (Å²) in [6.07, 6.45) is 0. The third kappa shape index (κ3) is 4.34. The largest absolute Gasteiger partial charge is 0.309 e. The summed E-state index contributed by atoms with van der Waals surface area (Å²) in [6, 6.07) is 64.9.